The number of ether oxygens (including phenoxy) is 1. The Bertz CT molecular complexity index is 556. The van der Waals surface area contributed by atoms with Crippen LogP contribution in [0.3, 0.4) is 0 Å². The molecule has 1 saturated heterocycles. The minimum absolute atomic E-state index is 0.138. The van der Waals surface area contributed by atoms with Crippen LogP contribution in [0.15, 0.2) is 17.1 Å². The summed E-state index contributed by atoms with van der Waals surface area (Å²) in [6.45, 7) is 4.02. The Hall–Kier alpha value is -1.62. The molecule has 1 atom stereocenters. The van der Waals surface area contributed by atoms with Gasteiger partial charge in [0.05, 0.1) is 6.61 Å². The van der Waals surface area contributed by atoms with Crippen molar-refractivity contribution < 1.29 is 9.53 Å². The summed E-state index contributed by atoms with van der Waals surface area (Å²) in [5.41, 5.74) is 0.828. The summed E-state index contributed by atoms with van der Waals surface area (Å²) in [5, 5.41) is 0. The monoisotopic (exact) mass is 276 g/mol. The topological polar surface area (TPSA) is 62.4 Å². The maximum Gasteiger partial charge on any atom is 0.259 e. The summed E-state index contributed by atoms with van der Waals surface area (Å²) < 4.78 is 5.38. The summed E-state index contributed by atoms with van der Waals surface area (Å²) >= 11 is 0. The molecule has 5 heteroatoms. The Kier molecular flexibility index (Phi) is 3.61. The second-order valence-corrected chi connectivity index (χ2v) is 5.81. The average molecular weight is 276 g/mol. The third kappa shape index (κ3) is 2.77. The van der Waals surface area contributed by atoms with Crippen LogP contribution in [-0.2, 0) is 4.74 Å². The van der Waals surface area contributed by atoms with E-state index in [0.717, 1.165) is 38.2 Å². The number of aromatic nitrogens is 1. The molecule has 2 heterocycles. The number of aryl methyl sites for hydroxylation is 1. The molecule has 108 valence electrons. The highest BCUT2D eigenvalue weighted by Crippen LogP contribution is 2.29. The highest BCUT2D eigenvalue weighted by molar-refractivity contribution is 5.94. The highest BCUT2D eigenvalue weighted by atomic mass is 16.5. The van der Waals surface area contributed by atoms with Crippen LogP contribution in [0.2, 0.25) is 0 Å². The van der Waals surface area contributed by atoms with Gasteiger partial charge < -0.3 is 14.6 Å². The van der Waals surface area contributed by atoms with E-state index in [4.69, 9.17) is 4.74 Å². The number of nitrogens with zero attached hydrogens (tertiary/aromatic N) is 1. The Labute approximate surface area is 117 Å². The van der Waals surface area contributed by atoms with Gasteiger partial charge in [-0.25, -0.2) is 0 Å². The van der Waals surface area contributed by atoms with Gasteiger partial charge in [0.25, 0.3) is 5.91 Å². The Balaban J connectivity index is 1.79. The van der Waals surface area contributed by atoms with E-state index in [9.17, 15) is 9.59 Å². The summed E-state index contributed by atoms with van der Waals surface area (Å²) in [4.78, 5) is 29.4. The molecule has 2 aliphatic rings. The Morgan fingerprint density at radius 3 is 2.85 bits per heavy atom. The van der Waals surface area contributed by atoms with Gasteiger partial charge in [0.15, 0.2) is 5.43 Å². The minimum atomic E-state index is -0.195. The van der Waals surface area contributed by atoms with E-state index in [1.165, 1.54) is 6.07 Å². The molecule has 1 unspecified atom stereocenters. The van der Waals surface area contributed by atoms with Gasteiger partial charge in [0.1, 0.15) is 5.56 Å². The first kappa shape index (κ1) is 13.4. The van der Waals surface area contributed by atoms with Crippen molar-refractivity contribution >= 4 is 5.91 Å². The number of carbonyl (C=O) groups excluding carboxylic acids is 1. The summed E-state index contributed by atoms with van der Waals surface area (Å²) in [6.07, 6.45) is 4.63. The molecule has 0 bridgehead atoms. The third-order valence-corrected chi connectivity index (χ3v) is 4.02. The first-order chi connectivity index (χ1) is 9.65. The standard InChI is InChI=1S/C15H20N2O3/c1-10-6-14(18)13(7-16-10)15(19)17(12-2-3-12)8-11-4-5-20-9-11/h6-7,11-12H,2-5,8-9H2,1H3,(H,16,18). The molecular formula is C15H20N2O3. The number of amides is 1. The molecule has 1 N–H and O–H groups in total. The molecule has 0 spiro atoms. The fourth-order valence-electron chi connectivity index (χ4n) is 2.68. The molecule has 0 radical (unpaired) electrons. The van der Waals surface area contributed by atoms with Crippen molar-refractivity contribution in [3.05, 3.63) is 33.7 Å². The molecule has 5 nitrogen and oxygen atoms in total. The fraction of sp³-hybridized carbons (Fsp3) is 0.600. The van der Waals surface area contributed by atoms with E-state index in [1.807, 2.05) is 11.8 Å². The molecule has 1 amide bonds. The number of H-pyrrole nitrogens is 1. The molecule has 1 saturated carbocycles. The molecule has 1 aromatic heterocycles. The number of aromatic amines is 1. The van der Waals surface area contributed by atoms with Crippen molar-refractivity contribution in [1.82, 2.24) is 9.88 Å². The quantitative estimate of drug-likeness (QED) is 0.902. The van der Waals surface area contributed by atoms with Crippen LogP contribution < -0.4 is 5.43 Å². The molecule has 2 fully saturated rings. The number of pyridine rings is 1. The van der Waals surface area contributed by atoms with Crippen LogP contribution in [0.5, 0.6) is 0 Å². The molecular weight excluding hydrogens is 256 g/mol. The lowest BCUT2D eigenvalue weighted by Crippen LogP contribution is -2.39. The number of hydrogen-bond donors (Lipinski definition) is 1. The van der Waals surface area contributed by atoms with Crippen LogP contribution in [0.4, 0.5) is 0 Å². The highest BCUT2D eigenvalue weighted by Gasteiger charge is 2.35. The number of hydrogen-bond acceptors (Lipinski definition) is 3. The van der Waals surface area contributed by atoms with E-state index in [0.29, 0.717) is 18.5 Å². The zero-order valence-electron chi connectivity index (χ0n) is 11.7. The number of nitrogens with one attached hydrogen (secondary N) is 1. The van der Waals surface area contributed by atoms with Gasteiger partial charge >= 0.3 is 0 Å². The number of rotatable bonds is 4. The van der Waals surface area contributed by atoms with Crippen LogP contribution in [0.1, 0.15) is 35.3 Å². The zero-order chi connectivity index (χ0) is 14.1. The largest absolute Gasteiger partial charge is 0.381 e. The lowest BCUT2D eigenvalue weighted by atomic mass is 10.1. The van der Waals surface area contributed by atoms with Gasteiger partial charge in [-0.15, -0.1) is 0 Å². The first-order valence-electron chi connectivity index (χ1n) is 7.23. The van der Waals surface area contributed by atoms with Crippen molar-refractivity contribution in [2.45, 2.75) is 32.2 Å². The Morgan fingerprint density at radius 2 is 2.25 bits per heavy atom. The van der Waals surface area contributed by atoms with Gasteiger partial charge in [0, 0.05) is 43.1 Å². The van der Waals surface area contributed by atoms with Crippen molar-refractivity contribution in [2.75, 3.05) is 19.8 Å². The van der Waals surface area contributed by atoms with Gasteiger partial charge in [-0.1, -0.05) is 0 Å². The molecule has 3 rings (SSSR count). The average Bonchev–Trinajstić information content (AvgIpc) is 3.12. The molecule has 0 aromatic carbocycles. The zero-order valence-corrected chi connectivity index (χ0v) is 11.7. The minimum Gasteiger partial charge on any atom is -0.381 e. The van der Waals surface area contributed by atoms with Crippen molar-refractivity contribution in [3.8, 4) is 0 Å². The summed E-state index contributed by atoms with van der Waals surface area (Å²) in [5.74, 6) is 0.268. The maximum absolute atomic E-state index is 12.6. The first-order valence-corrected chi connectivity index (χ1v) is 7.23. The third-order valence-electron chi connectivity index (χ3n) is 4.02. The number of carbonyl (C=O) groups is 1. The fourth-order valence-corrected chi connectivity index (χ4v) is 2.68. The van der Waals surface area contributed by atoms with Gasteiger partial charge in [-0.2, -0.15) is 0 Å². The van der Waals surface area contributed by atoms with Crippen LogP contribution in [0, 0.1) is 12.8 Å². The Morgan fingerprint density at radius 1 is 1.45 bits per heavy atom. The molecule has 1 aromatic rings. The second-order valence-electron chi connectivity index (χ2n) is 5.81. The van der Waals surface area contributed by atoms with E-state index < -0.39 is 0 Å². The molecule has 1 aliphatic carbocycles. The van der Waals surface area contributed by atoms with Gasteiger partial charge in [0.2, 0.25) is 0 Å². The van der Waals surface area contributed by atoms with Gasteiger partial charge in [-0.3, -0.25) is 9.59 Å². The van der Waals surface area contributed by atoms with Crippen LogP contribution >= 0.6 is 0 Å². The maximum atomic E-state index is 12.6. The summed E-state index contributed by atoms with van der Waals surface area (Å²) in [6, 6.07) is 1.79. The lowest BCUT2D eigenvalue weighted by Gasteiger charge is -2.25. The van der Waals surface area contributed by atoms with E-state index in [-0.39, 0.29) is 16.9 Å². The van der Waals surface area contributed by atoms with Gasteiger partial charge in [-0.05, 0) is 26.2 Å². The smallest absolute Gasteiger partial charge is 0.259 e. The SMILES string of the molecule is Cc1cc(=O)c(C(=O)N(CC2CCOC2)C2CC2)c[nH]1. The molecule has 1 aliphatic heterocycles. The van der Waals surface area contributed by atoms with E-state index >= 15 is 0 Å². The predicted molar refractivity (Wildman–Crippen MR) is 74.8 cm³/mol. The van der Waals surface area contributed by atoms with E-state index in [2.05, 4.69) is 4.98 Å². The van der Waals surface area contributed by atoms with Crippen molar-refractivity contribution in [3.63, 3.8) is 0 Å². The normalized spacial score (nSPS) is 21.9. The van der Waals surface area contributed by atoms with Crippen molar-refractivity contribution in [2.24, 2.45) is 5.92 Å². The van der Waals surface area contributed by atoms with Crippen molar-refractivity contribution in [1.29, 1.82) is 0 Å². The molecule has 20 heavy (non-hydrogen) atoms. The second kappa shape index (κ2) is 5.40. The predicted octanol–water partition coefficient (Wildman–Crippen LogP) is 1.32. The lowest BCUT2D eigenvalue weighted by molar-refractivity contribution is 0.0704. The van der Waals surface area contributed by atoms with Crippen LogP contribution in [-0.4, -0.2) is 41.6 Å². The van der Waals surface area contributed by atoms with Crippen LogP contribution in [0.25, 0.3) is 0 Å². The van der Waals surface area contributed by atoms with E-state index in [1.54, 1.807) is 6.20 Å². The summed E-state index contributed by atoms with van der Waals surface area (Å²) in [7, 11) is 0.